The average Bonchev–Trinajstić information content (AvgIpc) is 3.63. The van der Waals surface area contributed by atoms with Gasteiger partial charge in [0.1, 0.15) is 48.0 Å². The Morgan fingerprint density at radius 1 is 1.10 bits per heavy atom. The first-order chi connectivity index (χ1) is 23.1. The summed E-state index contributed by atoms with van der Waals surface area (Å²) in [6.07, 6.45) is 7.96. The van der Waals surface area contributed by atoms with Crippen LogP contribution in [0.2, 0.25) is 0 Å². The number of esters is 1. The average molecular weight is 687 g/mol. The van der Waals surface area contributed by atoms with Gasteiger partial charge in [-0.1, -0.05) is 82.9 Å². The second kappa shape index (κ2) is 17.7. The second-order valence-electron chi connectivity index (χ2n) is 12.0. The van der Waals surface area contributed by atoms with Crippen LogP contribution in [0.25, 0.3) is 5.52 Å². The van der Waals surface area contributed by atoms with Crippen molar-refractivity contribution in [1.29, 1.82) is 5.26 Å². The molecule has 1 aliphatic heterocycles. The van der Waals surface area contributed by atoms with Gasteiger partial charge >= 0.3 is 13.7 Å². The lowest BCUT2D eigenvalue weighted by Gasteiger charge is -2.25. The molecule has 0 aliphatic carbocycles. The van der Waals surface area contributed by atoms with Gasteiger partial charge in [0.25, 0.3) is 0 Å². The van der Waals surface area contributed by atoms with Gasteiger partial charge in [-0.05, 0) is 37.6 Å². The molecule has 1 saturated heterocycles. The van der Waals surface area contributed by atoms with Crippen LogP contribution in [0.5, 0.6) is 5.75 Å². The number of nitriles is 1. The molecule has 0 saturated carbocycles. The van der Waals surface area contributed by atoms with E-state index < -0.39 is 50.3 Å². The number of ether oxygens (including phenoxy) is 2. The highest BCUT2D eigenvalue weighted by Gasteiger charge is 2.58. The lowest BCUT2D eigenvalue weighted by atomic mass is 9.92. The van der Waals surface area contributed by atoms with Gasteiger partial charge in [0, 0.05) is 0 Å². The molecular weight excluding hydrogens is 639 g/mol. The van der Waals surface area contributed by atoms with E-state index in [0.29, 0.717) is 5.52 Å². The van der Waals surface area contributed by atoms with Crippen LogP contribution < -0.4 is 15.3 Å². The number of benzene rings is 1. The van der Waals surface area contributed by atoms with Crippen LogP contribution >= 0.6 is 7.75 Å². The lowest BCUT2D eigenvalue weighted by molar-refractivity contribution is -0.145. The van der Waals surface area contributed by atoms with Gasteiger partial charge in [0.2, 0.25) is 5.60 Å². The van der Waals surface area contributed by atoms with Crippen molar-refractivity contribution in [2.24, 2.45) is 0 Å². The van der Waals surface area contributed by atoms with Crippen molar-refractivity contribution < 1.29 is 38.1 Å². The minimum Gasteiger partial charge on any atom is -0.465 e. The summed E-state index contributed by atoms with van der Waals surface area (Å²) in [5, 5.41) is 38.9. The fourth-order valence-electron chi connectivity index (χ4n) is 5.61. The summed E-state index contributed by atoms with van der Waals surface area (Å²) >= 11 is 0. The fourth-order valence-corrected chi connectivity index (χ4v) is 7.11. The van der Waals surface area contributed by atoms with Crippen molar-refractivity contribution in [3.05, 3.63) is 54.5 Å². The Bertz CT molecular complexity index is 1550. The van der Waals surface area contributed by atoms with Gasteiger partial charge in [-0.15, -0.1) is 0 Å². The summed E-state index contributed by atoms with van der Waals surface area (Å²) in [6, 6.07) is 12.1. The fraction of sp³-hybridized carbons (Fsp3) is 0.576. The number of nitrogens with zero attached hydrogens (tertiary/aromatic N) is 4. The third-order valence-corrected chi connectivity index (χ3v) is 9.96. The number of para-hydroxylation sites is 1. The monoisotopic (exact) mass is 686 g/mol. The number of carbonyl (C=O) groups is 1. The molecule has 0 radical (unpaired) electrons. The molecule has 3 aromatic rings. The number of fused-ring (bicyclic) bond motifs is 1. The van der Waals surface area contributed by atoms with Crippen molar-refractivity contribution in [3.63, 3.8) is 0 Å². The zero-order chi connectivity index (χ0) is 34.6. The third-order valence-electron chi connectivity index (χ3n) is 8.31. The third kappa shape index (κ3) is 9.31. The van der Waals surface area contributed by atoms with Crippen molar-refractivity contribution in [2.45, 2.75) is 108 Å². The first-order valence-electron chi connectivity index (χ1n) is 16.6. The second-order valence-corrected chi connectivity index (χ2v) is 13.7. The van der Waals surface area contributed by atoms with Gasteiger partial charge in [-0.2, -0.15) is 15.4 Å². The Balaban J connectivity index is 1.35. The van der Waals surface area contributed by atoms with E-state index >= 15 is 0 Å². The molecule has 1 aromatic carbocycles. The number of hydrogen-bond acceptors (Lipinski definition) is 12. The summed E-state index contributed by atoms with van der Waals surface area (Å²) in [5.41, 5.74) is 4.31. The Hall–Kier alpha value is -3.57. The van der Waals surface area contributed by atoms with E-state index in [1.54, 1.807) is 36.4 Å². The Labute approximate surface area is 281 Å². The van der Waals surface area contributed by atoms with Gasteiger partial charge < -0.3 is 29.9 Å². The van der Waals surface area contributed by atoms with Crippen molar-refractivity contribution in [1.82, 2.24) is 19.7 Å². The van der Waals surface area contributed by atoms with Crippen molar-refractivity contribution in [3.8, 4) is 11.8 Å². The van der Waals surface area contributed by atoms with Gasteiger partial charge in [-0.3, -0.25) is 9.32 Å². The van der Waals surface area contributed by atoms with Crippen LogP contribution in [0, 0.1) is 11.3 Å². The maximum Gasteiger partial charge on any atom is 0.459 e. The van der Waals surface area contributed by atoms with E-state index in [0.717, 1.165) is 25.7 Å². The number of hydrogen-bond donors (Lipinski definition) is 4. The van der Waals surface area contributed by atoms with Crippen LogP contribution in [0.4, 0.5) is 5.82 Å². The smallest absolute Gasteiger partial charge is 0.459 e. The number of unbranched alkanes of at least 4 members (excludes halogenated alkanes) is 9. The van der Waals surface area contributed by atoms with Crippen LogP contribution in [0.3, 0.4) is 0 Å². The maximum absolute atomic E-state index is 14.0. The molecule has 48 heavy (non-hydrogen) atoms. The zero-order valence-corrected chi connectivity index (χ0v) is 28.5. The standard InChI is InChI=1S/C33H47N6O8P/c1-3-4-5-6-7-8-9-10-11-15-20-44-32(42)24(2)38-48(43,47-25-16-13-12-14-17-25)45-21-27-29(40)30(41)33(22-34,46-27)28-19-18-26-31(35)36-23-37-39(26)28/h12-14,16-19,23-24,27,29-30,40-41H,3-11,15,20-21H2,1-2H3,(H,38,43)(H2,35,36,37)/t24-,27+,29+,30+,33-,48?/m0/s1. The number of rotatable bonds is 20. The Morgan fingerprint density at radius 3 is 2.44 bits per heavy atom. The zero-order valence-electron chi connectivity index (χ0n) is 27.6. The van der Waals surface area contributed by atoms with E-state index in [-0.39, 0.29) is 23.9 Å². The topological polar surface area (TPSA) is 204 Å². The van der Waals surface area contributed by atoms with Gasteiger partial charge in [0.05, 0.1) is 18.9 Å². The molecule has 1 unspecified atom stereocenters. The summed E-state index contributed by atoms with van der Waals surface area (Å²) in [7, 11) is -4.32. The molecule has 1 fully saturated rings. The molecule has 5 N–H and O–H groups in total. The SMILES string of the molecule is CCCCCCCCCCCCOC(=O)[C@H](C)NP(=O)(OC[C@H]1O[C@@](C#N)(c2ccc3c(N)ncnn23)[C@H](O)[C@@H]1O)Oc1ccccc1. The molecule has 1 aliphatic rings. The van der Waals surface area contributed by atoms with Gasteiger partial charge in [0.15, 0.2) is 5.82 Å². The number of nitrogen functional groups attached to an aromatic ring is 1. The quantitative estimate of drug-likeness (QED) is 0.0718. The molecule has 3 heterocycles. The number of aliphatic hydroxyl groups excluding tert-OH is 2. The van der Waals surface area contributed by atoms with Gasteiger partial charge in [-0.25, -0.2) is 14.1 Å². The minimum atomic E-state index is -4.32. The minimum absolute atomic E-state index is 0.101. The summed E-state index contributed by atoms with van der Waals surface area (Å²) in [6.45, 7) is 3.33. The Morgan fingerprint density at radius 2 is 1.77 bits per heavy atom. The highest BCUT2D eigenvalue weighted by molar-refractivity contribution is 7.52. The first-order valence-corrected chi connectivity index (χ1v) is 18.2. The van der Waals surface area contributed by atoms with Crippen LogP contribution in [0.1, 0.15) is 83.7 Å². The van der Waals surface area contributed by atoms with Crippen LogP contribution in [0.15, 0.2) is 48.8 Å². The number of nitrogens with one attached hydrogen (secondary N) is 1. The maximum atomic E-state index is 14.0. The van der Waals surface area contributed by atoms with Crippen molar-refractivity contribution in [2.75, 3.05) is 18.9 Å². The van der Waals surface area contributed by atoms with E-state index in [1.807, 2.05) is 6.07 Å². The highest BCUT2D eigenvalue weighted by Crippen LogP contribution is 2.47. The predicted molar refractivity (Wildman–Crippen MR) is 178 cm³/mol. The number of carbonyl (C=O) groups excluding carboxylic acids is 1. The number of aliphatic hydroxyl groups is 2. The molecular formula is C33H47N6O8P. The summed E-state index contributed by atoms with van der Waals surface area (Å²) in [4.78, 5) is 16.7. The first kappa shape index (κ1) is 37.3. The number of aromatic nitrogens is 3. The highest BCUT2D eigenvalue weighted by atomic mass is 31.2. The van der Waals surface area contributed by atoms with E-state index in [2.05, 4.69) is 22.1 Å². The molecule has 0 bridgehead atoms. The number of anilines is 1. The molecule has 262 valence electrons. The molecule has 15 heteroatoms. The number of nitrogens with two attached hydrogens (primary N) is 1. The lowest BCUT2D eigenvalue weighted by Crippen LogP contribution is -2.41. The predicted octanol–water partition coefficient (Wildman–Crippen LogP) is 4.80. The molecule has 2 aromatic heterocycles. The molecule has 0 amide bonds. The molecule has 4 rings (SSSR count). The Kier molecular flexibility index (Phi) is 13.8. The largest absolute Gasteiger partial charge is 0.465 e. The summed E-state index contributed by atoms with van der Waals surface area (Å²) < 4.78 is 38.0. The molecule has 6 atom stereocenters. The van der Waals surface area contributed by atoms with Crippen molar-refractivity contribution >= 4 is 25.1 Å². The molecule has 0 spiro atoms. The van der Waals surface area contributed by atoms with E-state index in [4.69, 9.17) is 24.3 Å². The van der Waals surface area contributed by atoms with E-state index in [9.17, 15) is 24.8 Å². The van der Waals surface area contributed by atoms with Crippen LogP contribution in [-0.4, -0.2) is 68.3 Å². The molecule has 14 nitrogen and oxygen atoms in total. The normalized spacial score (nSPS) is 22.6. The summed E-state index contributed by atoms with van der Waals surface area (Å²) in [5.74, 6) is -0.308. The van der Waals surface area contributed by atoms with E-state index in [1.165, 1.54) is 62.4 Å². The van der Waals surface area contributed by atoms with Crippen LogP contribution in [-0.2, 0) is 29.0 Å².